The largest absolute Gasteiger partial charge is 0.480 e. The second-order valence-electron chi connectivity index (χ2n) is 3.46. The number of carbonyl (C=O) groups is 1. The molecule has 0 aliphatic rings. The van der Waals surface area contributed by atoms with Gasteiger partial charge in [0.15, 0.2) is 0 Å². The molecule has 6 nitrogen and oxygen atoms in total. The number of carboxylic acids is 1. The lowest BCUT2D eigenvalue weighted by atomic mass is 10.3. The Labute approximate surface area is 107 Å². The van der Waals surface area contributed by atoms with E-state index in [4.69, 9.17) is 9.52 Å². The normalized spacial score (nSPS) is 12.3. The highest BCUT2D eigenvalue weighted by Crippen LogP contribution is 2.27. The van der Waals surface area contributed by atoms with E-state index in [-0.39, 0.29) is 5.22 Å². The highest BCUT2D eigenvalue weighted by Gasteiger charge is 2.20. The van der Waals surface area contributed by atoms with E-state index >= 15 is 0 Å². The molecule has 0 fully saturated rings. The zero-order valence-corrected chi connectivity index (χ0v) is 10.4. The van der Waals surface area contributed by atoms with Gasteiger partial charge in [0, 0.05) is 18.0 Å². The van der Waals surface area contributed by atoms with Crippen LogP contribution in [0.15, 0.2) is 34.2 Å². The Hall–Kier alpha value is -1.89. The minimum absolute atomic E-state index is 0.260. The maximum Gasteiger partial charge on any atom is 0.317 e. The zero-order chi connectivity index (χ0) is 13.0. The number of rotatable bonds is 5. The molecular formula is C11H11N3O3S. The van der Waals surface area contributed by atoms with Crippen molar-refractivity contribution < 1.29 is 14.3 Å². The van der Waals surface area contributed by atoms with Gasteiger partial charge < -0.3 is 9.52 Å². The third-order valence-corrected chi connectivity index (χ3v) is 3.41. The lowest BCUT2D eigenvalue weighted by Gasteiger charge is -2.04. The molecule has 18 heavy (non-hydrogen) atoms. The molecule has 2 aromatic heterocycles. The maximum absolute atomic E-state index is 10.9. The van der Waals surface area contributed by atoms with Gasteiger partial charge in [0.05, 0.1) is 0 Å². The Balaban J connectivity index is 2.14. The van der Waals surface area contributed by atoms with E-state index in [0.717, 1.165) is 17.3 Å². The molecule has 0 aliphatic heterocycles. The number of aromatic nitrogens is 3. The van der Waals surface area contributed by atoms with E-state index in [1.54, 1.807) is 31.5 Å². The molecule has 7 heteroatoms. The van der Waals surface area contributed by atoms with Crippen molar-refractivity contribution in [3.8, 4) is 11.5 Å². The van der Waals surface area contributed by atoms with Crippen LogP contribution in [0.25, 0.3) is 11.5 Å². The second kappa shape index (κ2) is 5.63. The van der Waals surface area contributed by atoms with Gasteiger partial charge in [-0.3, -0.25) is 9.78 Å². The maximum atomic E-state index is 10.9. The summed E-state index contributed by atoms with van der Waals surface area (Å²) < 4.78 is 5.40. The van der Waals surface area contributed by atoms with Crippen molar-refractivity contribution in [3.05, 3.63) is 24.5 Å². The van der Waals surface area contributed by atoms with Gasteiger partial charge in [-0.05, 0) is 18.6 Å². The van der Waals surface area contributed by atoms with E-state index in [0.29, 0.717) is 12.3 Å². The topological polar surface area (TPSA) is 89.1 Å². The second-order valence-corrected chi connectivity index (χ2v) is 4.62. The number of aliphatic carboxylic acids is 1. The van der Waals surface area contributed by atoms with Gasteiger partial charge >= 0.3 is 5.97 Å². The lowest BCUT2D eigenvalue weighted by Crippen LogP contribution is -2.14. The van der Waals surface area contributed by atoms with Crippen molar-refractivity contribution in [1.29, 1.82) is 0 Å². The van der Waals surface area contributed by atoms with E-state index in [2.05, 4.69) is 15.2 Å². The van der Waals surface area contributed by atoms with Crippen LogP contribution >= 0.6 is 11.8 Å². The van der Waals surface area contributed by atoms with Gasteiger partial charge in [0.2, 0.25) is 5.89 Å². The SMILES string of the molecule is CC[C@@H](Sc1nnc(-c2ccncc2)o1)C(=O)O. The lowest BCUT2D eigenvalue weighted by molar-refractivity contribution is -0.136. The fraction of sp³-hybridized carbons (Fsp3) is 0.273. The molecule has 1 N–H and O–H groups in total. The first-order valence-electron chi connectivity index (χ1n) is 5.34. The molecule has 0 spiro atoms. The number of nitrogens with zero attached hydrogens (tertiary/aromatic N) is 3. The summed E-state index contributed by atoms with van der Waals surface area (Å²) in [6, 6.07) is 3.49. The van der Waals surface area contributed by atoms with Gasteiger partial charge in [-0.2, -0.15) is 0 Å². The Kier molecular flexibility index (Phi) is 3.93. The summed E-state index contributed by atoms with van der Waals surface area (Å²) >= 11 is 1.06. The van der Waals surface area contributed by atoms with Crippen molar-refractivity contribution in [3.63, 3.8) is 0 Å². The molecule has 0 bridgehead atoms. The van der Waals surface area contributed by atoms with Crippen molar-refractivity contribution in [2.45, 2.75) is 23.8 Å². The van der Waals surface area contributed by atoms with Gasteiger partial charge in [0.25, 0.3) is 5.22 Å². The summed E-state index contributed by atoms with van der Waals surface area (Å²) in [5.74, 6) is -0.522. The number of carboxylic acid groups (broad SMARTS) is 1. The van der Waals surface area contributed by atoms with Crippen LogP contribution in [0.3, 0.4) is 0 Å². The van der Waals surface area contributed by atoms with Gasteiger partial charge in [-0.25, -0.2) is 0 Å². The average Bonchev–Trinajstić information content (AvgIpc) is 2.85. The fourth-order valence-electron chi connectivity index (χ4n) is 1.30. The predicted molar refractivity (Wildman–Crippen MR) is 65.1 cm³/mol. The molecule has 0 saturated heterocycles. The first kappa shape index (κ1) is 12.6. The molecule has 2 aromatic rings. The Morgan fingerprint density at radius 3 is 2.78 bits per heavy atom. The molecule has 0 aromatic carbocycles. The summed E-state index contributed by atoms with van der Waals surface area (Å²) in [5, 5.41) is 16.3. The van der Waals surface area contributed by atoms with Crippen LogP contribution in [-0.4, -0.2) is 31.5 Å². The number of hydrogen-bond donors (Lipinski definition) is 1. The summed E-state index contributed by atoms with van der Waals surface area (Å²) in [4.78, 5) is 14.8. The monoisotopic (exact) mass is 265 g/mol. The van der Waals surface area contributed by atoms with Crippen molar-refractivity contribution >= 4 is 17.7 Å². The van der Waals surface area contributed by atoms with Gasteiger partial charge in [-0.1, -0.05) is 18.7 Å². The highest BCUT2D eigenvalue weighted by molar-refractivity contribution is 8.00. The standard InChI is InChI=1S/C11H11N3O3S/c1-2-8(10(15)16)18-11-14-13-9(17-11)7-3-5-12-6-4-7/h3-6,8H,2H2,1H3,(H,15,16)/t8-/m1/s1. The number of hydrogen-bond acceptors (Lipinski definition) is 6. The zero-order valence-electron chi connectivity index (χ0n) is 9.61. The first-order valence-corrected chi connectivity index (χ1v) is 6.22. The summed E-state index contributed by atoms with van der Waals surface area (Å²) in [5.41, 5.74) is 0.757. The molecule has 0 amide bonds. The first-order chi connectivity index (χ1) is 8.70. The Morgan fingerprint density at radius 1 is 1.44 bits per heavy atom. The molecule has 94 valence electrons. The van der Waals surface area contributed by atoms with Crippen molar-refractivity contribution in [2.24, 2.45) is 0 Å². The van der Waals surface area contributed by atoms with Crippen LogP contribution in [-0.2, 0) is 4.79 Å². The van der Waals surface area contributed by atoms with E-state index in [1.807, 2.05) is 0 Å². The molecule has 2 heterocycles. The molecule has 0 radical (unpaired) electrons. The minimum atomic E-state index is -0.883. The van der Waals surface area contributed by atoms with Gasteiger partial charge in [0.1, 0.15) is 5.25 Å². The highest BCUT2D eigenvalue weighted by atomic mass is 32.2. The quantitative estimate of drug-likeness (QED) is 0.828. The summed E-state index contributed by atoms with van der Waals surface area (Å²) in [6.45, 7) is 1.80. The number of pyridine rings is 1. The van der Waals surface area contributed by atoms with Crippen LogP contribution in [0.4, 0.5) is 0 Å². The van der Waals surface area contributed by atoms with Crippen LogP contribution in [0, 0.1) is 0 Å². The minimum Gasteiger partial charge on any atom is -0.480 e. The third-order valence-electron chi connectivity index (χ3n) is 2.22. The molecule has 1 atom stereocenters. The molecular weight excluding hydrogens is 254 g/mol. The number of thioether (sulfide) groups is 1. The molecule has 0 aliphatic carbocycles. The Morgan fingerprint density at radius 2 is 2.17 bits per heavy atom. The van der Waals surface area contributed by atoms with Crippen LogP contribution in [0.5, 0.6) is 0 Å². The van der Waals surface area contributed by atoms with Crippen LogP contribution < -0.4 is 0 Å². The van der Waals surface area contributed by atoms with E-state index in [1.165, 1.54) is 0 Å². The summed E-state index contributed by atoms with van der Waals surface area (Å²) in [6.07, 6.45) is 3.74. The predicted octanol–water partition coefficient (Wildman–Crippen LogP) is 2.09. The van der Waals surface area contributed by atoms with Crippen molar-refractivity contribution in [1.82, 2.24) is 15.2 Å². The molecule has 2 rings (SSSR count). The van der Waals surface area contributed by atoms with Gasteiger partial charge in [-0.15, -0.1) is 10.2 Å². The average molecular weight is 265 g/mol. The third kappa shape index (κ3) is 2.86. The van der Waals surface area contributed by atoms with Crippen molar-refractivity contribution in [2.75, 3.05) is 0 Å². The fourth-order valence-corrected chi connectivity index (χ4v) is 2.02. The Bertz CT molecular complexity index is 529. The van der Waals surface area contributed by atoms with Crippen LogP contribution in [0.2, 0.25) is 0 Å². The smallest absolute Gasteiger partial charge is 0.317 e. The van der Waals surface area contributed by atoms with Crippen LogP contribution in [0.1, 0.15) is 13.3 Å². The summed E-state index contributed by atoms with van der Waals surface area (Å²) in [7, 11) is 0. The van der Waals surface area contributed by atoms with E-state index < -0.39 is 11.2 Å². The molecule has 0 unspecified atom stereocenters. The molecule has 0 saturated carbocycles. The van der Waals surface area contributed by atoms with E-state index in [9.17, 15) is 4.79 Å².